The predicted octanol–water partition coefficient (Wildman–Crippen LogP) is 3.08. The van der Waals surface area contributed by atoms with Gasteiger partial charge in [-0.05, 0) is 18.8 Å². The van der Waals surface area contributed by atoms with Gasteiger partial charge in [-0.15, -0.1) is 35.3 Å². The molecule has 0 aliphatic carbocycles. The van der Waals surface area contributed by atoms with Gasteiger partial charge in [0.15, 0.2) is 5.96 Å². The molecule has 0 saturated heterocycles. The highest BCUT2D eigenvalue weighted by molar-refractivity contribution is 14.0. The van der Waals surface area contributed by atoms with E-state index >= 15 is 0 Å². The lowest BCUT2D eigenvalue weighted by Gasteiger charge is -2.12. The first-order chi connectivity index (χ1) is 9.15. The van der Waals surface area contributed by atoms with Crippen molar-refractivity contribution in [1.82, 2.24) is 15.6 Å². The summed E-state index contributed by atoms with van der Waals surface area (Å²) >= 11 is 1.75. The zero-order valence-corrected chi connectivity index (χ0v) is 16.0. The Morgan fingerprint density at radius 3 is 2.60 bits per heavy atom. The molecule has 20 heavy (non-hydrogen) atoms. The maximum Gasteiger partial charge on any atom is 0.190 e. The number of nitrogens with zero attached hydrogens (tertiary/aromatic N) is 2. The predicted molar refractivity (Wildman–Crippen MR) is 99.4 cm³/mol. The Labute approximate surface area is 143 Å². The lowest BCUT2D eigenvalue weighted by molar-refractivity contribution is 0.573. The summed E-state index contributed by atoms with van der Waals surface area (Å²) in [5.41, 5.74) is 1.17. The van der Waals surface area contributed by atoms with Crippen molar-refractivity contribution in [2.75, 3.05) is 20.1 Å². The van der Waals surface area contributed by atoms with Gasteiger partial charge in [-0.1, -0.05) is 20.8 Å². The fraction of sp³-hybridized carbons (Fsp3) is 0.714. The van der Waals surface area contributed by atoms with Crippen molar-refractivity contribution in [1.29, 1.82) is 0 Å². The Morgan fingerprint density at radius 1 is 1.35 bits per heavy atom. The first kappa shape index (κ1) is 19.6. The van der Waals surface area contributed by atoms with E-state index in [0.717, 1.165) is 38.3 Å². The molecule has 0 aliphatic heterocycles. The van der Waals surface area contributed by atoms with Crippen LogP contribution in [-0.4, -0.2) is 31.1 Å². The van der Waals surface area contributed by atoms with Crippen LogP contribution in [0.5, 0.6) is 0 Å². The second-order valence-corrected chi connectivity index (χ2v) is 5.89. The third kappa shape index (κ3) is 8.04. The van der Waals surface area contributed by atoms with Gasteiger partial charge in [-0.3, -0.25) is 4.99 Å². The number of guanidine groups is 1. The minimum atomic E-state index is 0. The van der Waals surface area contributed by atoms with Crippen LogP contribution in [0, 0.1) is 5.92 Å². The number of aromatic nitrogens is 1. The van der Waals surface area contributed by atoms with Gasteiger partial charge in [0, 0.05) is 31.9 Å². The molecule has 0 amide bonds. The zero-order valence-electron chi connectivity index (χ0n) is 12.9. The van der Waals surface area contributed by atoms with Gasteiger partial charge >= 0.3 is 0 Å². The maximum absolute atomic E-state index is 4.56. The number of aliphatic imine (C=N–C) groups is 1. The Balaban J connectivity index is 0.00000361. The maximum atomic E-state index is 4.56. The van der Waals surface area contributed by atoms with Crippen LogP contribution < -0.4 is 10.6 Å². The molecule has 116 valence electrons. The quantitative estimate of drug-likeness (QED) is 0.413. The average molecular weight is 410 g/mol. The highest BCUT2D eigenvalue weighted by atomic mass is 127. The lowest BCUT2D eigenvalue weighted by atomic mass is 10.1. The smallest absolute Gasteiger partial charge is 0.190 e. The molecule has 4 nitrogen and oxygen atoms in total. The van der Waals surface area contributed by atoms with Crippen LogP contribution >= 0.6 is 35.3 Å². The number of hydrogen-bond donors (Lipinski definition) is 2. The SMILES string of the molecule is CCc1nc(CCNC(=NC)NCCC(C)C)cs1.I. The summed E-state index contributed by atoms with van der Waals surface area (Å²) in [4.78, 5) is 8.77. The number of thiazole rings is 1. The summed E-state index contributed by atoms with van der Waals surface area (Å²) in [5.74, 6) is 1.60. The Bertz CT molecular complexity index is 390. The molecule has 0 saturated carbocycles. The van der Waals surface area contributed by atoms with Gasteiger partial charge in [0.25, 0.3) is 0 Å². The molecule has 0 fully saturated rings. The van der Waals surface area contributed by atoms with Crippen LogP contribution in [0.1, 0.15) is 37.9 Å². The summed E-state index contributed by atoms with van der Waals surface area (Å²) in [6, 6.07) is 0. The molecule has 1 aromatic heterocycles. The topological polar surface area (TPSA) is 49.3 Å². The molecule has 1 heterocycles. The minimum Gasteiger partial charge on any atom is -0.356 e. The highest BCUT2D eigenvalue weighted by Crippen LogP contribution is 2.10. The molecule has 1 rings (SSSR count). The summed E-state index contributed by atoms with van der Waals surface area (Å²) in [7, 11) is 1.81. The second kappa shape index (κ2) is 11.3. The van der Waals surface area contributed by atoms with Crippen LogP contribution in [0.25, 0.3) is 0 Å². The van der Waals surface area contributed by atoms with Crippen molar-refractivity contribution in [3.8, 4) is 0 Å². The van der Waals surface area contributed by atoms with Crippen LogP contribution in [0.3, 0.4) is 0 Å². The van der Waals surface area contributed by atoms with Gasteiger partial charge in [0.2, 0.25) is 0 Å². The molecule has 0 unspecified atom stereocenters. The van der Waals surface area contributed by atoms with Crippen molar-refractivity contribution in [3.05, 3.63) is 16.1 Å². The van der Waals surface area contributed by atoms with Crippen LogP contribution in [0.2, 0.25) is 0 Å². The van der Waals surface area contributed by atoms with Crippen molar-refractivity contribution in [3.63, 3.8) is 0 Å². The first-order valence-corrected chi connectivity index (χ1v) is 7.91. The van der Waals surface area contributed by atoms with E-state index in [0.29, 0.717) is 5.92 Å². The fourth-order valence-electron chi connectivity index (χ4n) is 1.63. The van der Waals surface area contributed by atoms with E-state index in [9.17, 15) is 0 Å². The highest BCUT2D eigenvalue weighted by Gasteiger charge is 2.02. The minimum absolute atomic E-state index is 0. The number of hydrogen-bond acceptors (Lipinski definition) is 3. The first-order valence-electron chi connectivity index (χ1n) is 7.03. The number of aryl methyl sites for hydroxylation is 1. The van der Waals surface area contributed by atoms with E-state index in [4.69, 9.17) is 0 Å². The van der Waals surface area contributed by atoms with Gasteiger partial charge in [-0.2, -0.15) is 0 Å². The molecule has 0 radical (unpaired) electrons. The van der Waals surface area contributed by atoms with Crippen LogP contribution in [0.4, 0.5) is 0 Å². The average Bonchev–Trinajstić information content (AvgIpc) is 2.84. The normalized spacial score (nSPS) is 11.3. The molecular weight excluding hydrogens is 383 g/mol. The second-order valence-electron chi connectivity index (χ2n) is 4.94. The van der Waals surface area contributed by atoms with Crippen molar-refractivity contribution >= 4 is 41.3 Å². The van der Waals surface area contributed by atoms with Crippen molar-refractivity contribution in [2.24, 2.45) is 10.9 Å². The number of rotatable bonds is 7. The molecular formula is C14H27IN4S. The van der Waals surface area contributed by atoms with Crippen molar-refractivity contribution in [2.45, 2.75) is 40.0 Å². The third-order valence-corrected chi connectivity index (χ3v) is 3.86. The Hall–Kier alpha value is -0.370. The van der Waals surface area contributed by atoms with Gasteiger partial charge in [0.1, 0.15) is 0 Å². The fourth-order valence-corrected chi connectivity index (χ4v) is 2.41. The molecule has 0 aromatic carbocycles. The van der Waals surface area contributed by atoms with E-state index in [2.05, 4.69) is 46.8 Å². The number of halogens is 1. The van der Waals surface area contributed by atoms with Gasteiger partial charge in [-0.25, -0.2) is 4.98 Å². The van der Waals surface area contributed by atoms with Gasteiger partial charge in [0.05, 0.1) is 10.7 Å². The number of nitrogens with one attached hydrogen (secondary N) is 2. The summed E-state index contributed by atoms with van der Waals surface area (Å²) in [6.45, 7) is 8.43. The summed E-state index contributed by atoms with van der Waals surface area (Å²) < 4.78 is 0. The van der Waals surface area contributed by atoms with E-state index in [1.54, 1.807) is 11.3 Å². The summed E-state index contributed by atoms with van der Waals surface area (Å²) in [5, 5.41) is 10.0. The molecule has 2 N–H and O–H groups in total. The lowest BCUT2D eigenvalue weighted by Crippen LogP contribution is -2.39. The third-order valence-electron chi connectivity index (χ3n) is 2.81. The van der Waals surface area contributed by atoms with Crippen molar-refractivity contribution < 1.29 is 0 Å². The van der Waals surface area contributed by atoms with Crippen LogP contribution in [-0.2, 0) is 12.8 Å². The molecule has 0 spiro atoms. The molecule has 0 aliphatic rings. The zero-order chi connectivity index (χ0) is 14.1. The standard InChI is InChI=1S/C14H26N4S.HI/c1-5-13-18-12(10-19-13)7-9-17-14(15-4)16-8-6-11(2)3;/h10-11H,5-9H2,1-4H3,(H2,15,16,17);1H. The molecule has 0 atom stereocenters. The molecule has 6 heteroatoms. The van der Waals surface area contributed by atoms with E-state index in [-0.39, 0.29) is 24.0 Å². The summed E-state index contributed by atoms with van der Waals surface area (Å²) in [6.07, 6.45) is 3.13. The van der Waals surface area contributed by atoms with E-state index in [1.165, 1.54) is 10.7 Å². The van der Waals surface area contributed by atoms with Crippen LogP contribution in [0.15, 0.2) is 10.4 Å². The molecule has 1 aromatic rings. The largest absolute Gasteiger partial charge is 0.356 e. The van der Waals surface area contributed by atoms with E-state index < -0.39 is 0 Å². The Morgan fingerprint density at radius 2 is 2.05 bits per heavy atom. The Kier molecular flexibility index (Phi) is 11.1. The molecule has 0 bridgehead atoms. The van der Waals surface area contributed by atoms with Gasteiger partial charge < -0.3 is 10.6 Å². The van der Waals surface area contributed by atoms with E-state index in [1.807, 2.05) is 7.05 Å². The monoisotopic (exact) mass is 410 g/mol.